The molecule has 63 heavy (non-hydrogen) atoms. The fraction of sp³-hybridized carbons (Fsp3) is 0.907. The molecule has 0 radical (unpaired) electrons. The minimum atomic E-state index is -1.53. The molecule has 1 fully saturated rings. The van der Waals surface area contributed by atoms with E-state index in [9.17, 15) is 35.4 Å². The van der Waals surface area contributed by atoms with Gasteiger partial charge in [-0.2, -0.15) is 0 Å². The Bertz CT molecular complexity index is 1050. The van der Waals surface area contributed by atoms with Crippen molar-refractivity contribution in [3.8, 4) is 0 Å². The molecule has 1 aliphatic heterocycles. The average molecular weight is 894 g/mol. The molecule has 3 unspecified atom stereocenters. The molecule has 1 heterocycles. The number of allylic oxidation sites excluding steroid dienone is 2. The molecule has 0 aromatic carbocycles. The van der Waals surface area contributed by atoms with Crippen LogP contribution in [-0.4, -0.2) is 91.9 Å². The van der Waals surface area contributed by atoms with E-state index in [1.165, 1.54) is 192 Å². The monoisotopic (exact) mass is 894 g/mol. The maximum absolute atomic E-state index is 13.1. The summed E-state index contributed by atoms with van der Waals surface area (Å²) in [5, 5.41) is 65.6. The second kappa shape index (κ2) is 43.3. The normalized spacial score (nSPS) is 20.8. The lowest BCUT2D eigenvalue weighted by Crippen LogP contribution is -2.58. The van der Waals surface area contributed by atoms with Gasteiger partial charge in [0.15, 0.2) is 0 Å². The summed E-state index contributed by atoms with van der Waals surface area (Å²) in [7, 11) is 0. The van der Waals surface area contributed by atoms with E-state index in [1.807, 2.05) is 0 Å². The molecule has 0 spiro atoms. The fourth-order valence-corrected chi connectivity index (χ4v) is 8.93. The lowest BCUT2D eigenvalue weighted by Gasteiger charge is -2.39. The average Bonchev–Trinajstić information content (AvgIpc) is 3.28. The highest BCUT2D eigenvalue weighted by Gasteiger charge is 2.42. The van der Waals surface area contributed by atoms with Gasteiger partial charge in [-0.1, -0.05) is 237 Å². The van der Waals surface area contributed by atoms with Crippen molar-refractivity contribution >= 4 is 5.91 Å². The molecule has 8 atom stereocenters. The van der Waals surface area contributed by atoms with Crippen LogP contribution in [0, 0.1) is 0 Å². The molecule has 7 N–H and O–H groups in total. The number of rotatable bonds is 45. The van der Waals surface area contributed by atoms with Gasteiger partial charge in [-0.3, -0.25) is 4.79 Å². The van der Waals surface area contributed by atoms with E-state index in [2.05, 4.69) is 31.3 Å². The standard InChI is InChI=1S/C54H103NO8/c1-3-5-7-9-11-13-15-17-18-19-20-21-22-23-24-25-26-27-28-29-30-32-34-36-38-40-42-50(58)55-46(43-44-48-52(60)54(62)53(61)49(45-56)63-48)51(59)47(57)41-39-37-35-33-31-16-14-12-10-8-6-4-2/h27-28,43-44,46-49,51-54,56-57,59-62H,3-26,29-42,45H2,1-2H3,(H,55,58)/b28-27+,44-43+/t46-,47+,48+,49?,51-,52?,53-,54?/m0/s1. The van der Waals surface area contributed by atoms with Crippen molar-refractivity contribution in [2.45, 2.75) is 307 Å². The van der Waals surface area contributed by atoms with Crippen LogP contribution >= 0.6 is 0 Å². The molecule has 1 saturated heterocycles. The first kappa shape index (κ1) is 59.7. The fourth-order valence-electron chi connectivity index (χ4n) is 8.93. The number of carbonyl (C=O) groups excluding carboxylic acids is 1. The van der Waals surface area contributed by atoms with Gasteiger partial charge in [0, 0.05) is 6.42 Å². The third-order valence-corrected chi connectivity index (χ3v) is 13.3. The summed E-state index contributed by atoms with van der Waals surface area (Å²) in [6, 6.07) is -0.950. The zero-order valence-electron chi connectivity index (χ0n) is 41.0. The molecule has 0 aromatic rings. The van der Waals surface area contributed by atoms with E-state index < -0.39 is 55.4 Å². The maximum Gasteiger partial charge on any atom is 0.220 e. The first-order valence-electron chi connectivity index (χ1n) is 27.1. The molecule has 1 rings (SSSR count). The van der Waals surface area contributed by atoms with Crippen LogP contribution < -0.4 is 5.32 Å². The minimum Gasteiger partial charge on any atom is -0.394 e. The number of hydrogen-bond donors (Lipinski definition) is 7. The Morgan fingerprint density at radius 2 is 0.905 bits per heavy atom. The van der Waals surface area contributed by atoms with Gasteiger partial charge in [0.05, 0.1) is 18.8 Å². The second-order valence-corrected chi connectivity index (χ2v) is 19.2. The summed E-state index contributed by atoms with van der Waals surface area (Å²) in [4.78, 5) is 13.1. The van der Waals surface area contributed by atoms with Gasteiger partial charge in [-0.05, 0) is 38.5 Å². The van der Waals surface area contributed by atoms with Crippen LogP contribution in [0.2, 0.25) is 0 Å². The molecule has 9 nitrogen and oxygen atoms in total. The van der Waals surface area contributed by atoms with Crippen molar-refractivity contribution in [2.24, 2.45) is 0 Å². The second-order valence-electron chi connectivity index (χ2n) is 19.2. The Kier molecular flexibility index (Phi) is 41.0. The highest BCUT2D eigenvalue weighted by molar-refractivity contribution is 5.76. The molecule has 0 saturated carbocycles. The predicted octanol–water partition coefficient (Wildman–Crippen LogP) is 12.0. The Morgan fingerprint density at radius 1 is 0.524 bits per heavy atom. The van der Waals surface area contributed by atoms with Crippen LogP contribution in [0.3, 0.4) is 0 Å². The maximum atomic E-state index is 13.1. The highest BCUT2D eigenvalue weighted by Crippen LogP contribution is 2.23. The topological polar surface area (TPSA) is 160 Å². The molecule has 372 valence electrons. The van der Waals surface area contributed by atoms with Crippen molar-refractivity contribution in [1.29, 1.82) is 0 Å². The van der Waals surface area contributed by atoms with Gasteiger partial charge in [0.2, 0.25) is 5.91 Å². The summed E-state index contributed by atoms with van der Waals surface area (Å²) >= 11 is 0. The van der Waals surface area contributed by atoms with Crippen molar-refractivity contribution in [1.82, 2.24) is 5.32 Å². The van der Waals surface area contributed by atoms with E-state index in [1.54, 1.807) is 0 Å². The van der Waals surface area contributed by atoms with E-state index in [-0.39, 0.29) is 5.91 Å². The number of carbonyl (C=O) groups is 1. The first-order valence-corrected chi connectivity index (χ1v) is 27.1. The molecule has 0 bridgehead atoms. The largest absolute Gasteiger partial charge is 0.394 e. The number of nitrogens with one attached hydrogen (secondary N) is 1. The van der Waals surface area contributed by atoms with Gasteiger partial charge >= 0.3 is 0 Å². The van der Waals surface area contributed by atoms with Crippen molar-refractivity contribution in [2.75, 3.05) is 6.61 Å². The summed E-state index contributed by atoms with van der Waals surface area (Å²) in [6.07, 6.45) is 44.8. The molecule has 0 aromatic heterocycles. The van der Waals surface area contributed by atoms with Gasteiger partial charge in [0.25, 0.3) is 0 Å². The van der Waals surface area contributed by atoms with Crippen LogP contribution in [0.1, 0.15) is 258 Å². The Hall–Kier alpha value is -1.33. The number of aliphatic hydroxyl groups is 6. The van der Waals surface area contributed by atoms with E-state index in [4.69, 9.17) is 4.74 Å². The molecule has 9 heteroatoms. The highest BCUT2D eigenvalue weighted by atomic mass is 16.5. The summed E-state index contributed by atoms with van der Waals surface area (Å²) in [5.74, 6) is -0.232. The molecule has 1 aliphatic rings. The van der Waals surface area contributed by atoms with Crippen LogP contribution in [0.15, 0.2) is 24.3 Å². The Labute approximate surface area is 387 Å². The summed E-state index contributed by atoms with van der Waals surface area (Å²) in [6.45, 7) is 3.98. The van der Waals surface area contributed by atoms with Crippen molar-refractivity contribution < 1.29 is 40.2 Å². The van der Waals surface area contributed by atoms with E-state index in [0.29, 0.717) is 12.8 Å². The molecular weight excluding hydrogens is 791 g/mol. The zero-order chi connectivity index (χ0) is 46.0. The van der Waals surface area contributed by atoms with Crippen molar-refractivity contribution in [3.05, 3.63) is 24.3 Å². The number of amides is 1. The van der Waals surface area contributed by atoms with E-state index in [0.717, 1.165) is 51.4 Å². The number of aliphatic hydroxyl groups excluding tert-OH is 6. The third-order valence-electron chi connectivity index (χ3n) is 13.3. The summed E-state index contributed by atoms with van der Waals surface area (Å²) < 4.78 is 5.60. The molecule has 1 amide bonds. The lowest BCUT2D eigenvalue weighted by molar-refractivity contribution is -0.216. The number of ether oxygens (including phenoxy) is 1. The smallest absolute Gasteiger partial charge is 0.220 e. The van der Waals surface area contributed by atoms with Crippen LogP contribution in [-0.2, 0) is 9.53 Å². The Balaban J connectivity index is 2.27. The van der Waals surface area contributed by atoms with Crippen molar-refractivity contribution in [3.63, 3.8) is 0 Å². The molecule has 0 aliphatic carbocycles. The van der Waals surface area contributed by atoms with Crippen LogP contribution in [0.5, 0.6) is 0 Å². The molecular formula is C54H103NO8. The summed E-state index contributed by atoms with van der Waals surface area (Å²) in [5.41, 5.74) is 0. The van der Waals surface area contributed by atoms with Crippen LogP contribution in [0.4, 0.5) is 0 Å². The SMILES string of the molecule is CCCCCCCCCCCCCCCCCC/C=C/CCCCCCCCC(=O)N[C@@H](/C=C/[C@H]1OC(CO)[C@H](O)C(O)C1O)[C@H](O)[C@H](O)CCCCCCCCCCCCCC. The van der Waals surface area contributed by atoms with Gasteiger partial charge in [0.1, 0.15) is 36.6 Å². The quantitative estimate of drug-likeness (QED) is 0.0235. The predicted molar refractivity (Wildman–Crippen MR) is 263 cm³/mol. The third kappa shape index (κ3) is 32.9. The minimum absolute atomic E-state index is 0.232. The Morgan fingerprint density at radius 3 is 1.32 bits per heavy atom. The first-order chi connectivity index (χ1) is 30.8. The van der Waals surface area contributed by atoms with Gasteiger partial charge in [-0.15, -0.1) is 0 Å². The number of unbranched alkanes of at least 4 members (excludes halogenated alkanes) is 33. The zero-order valence-corrected chi connectivity index (χ0v) is 41.0. The lowest BCUT2D eigenvalue weighted by atomic mass is 9.93. The van der Waals surface area contributed by atoms with E-state index >= 15 is 0 Å². The van der Waals surface area contributed by atoms with Gasteiger partial charge in [-0.25, -0.2) is 0 Å². The van der Waals surface area contributed by atoms with Crippen LogP contribution in [0.25, 0.3) is 0 Å². The number of hydrogen-bond acceptors (Lipinski definition) is 8. The van der Waals surface area contributed by atoms with Gasteiger partial charge < -0.3 is 40.7 Å².